The molecular weight excluding hydrogens is 667 g/mol. The van der Waals surface area contributed by atoms with Crippen molar-refractivity contribution in [2.24, 2.45) is 0 Å². The second-order valence-corrected chi connectivity index (χ2v) is 15.9. The summed E-state index contributed by atoms with van der Waals surface area (Å²) >= 11 is 0. The summed E-state index contributed by atoms with van der Waals surface area (Å²) in [5.74, 6) is 1.24. The number of fused-ring (bicyclic) bond motifs is 8. The van der Waals surface area contributed by atoms with E-state index in [1.807, 2.05) is 0 Å². The second-order valence-electron chi connectivity index (χ2n) is 15.9. The van der Waals surface area contributed by atoms with Gasteiger partial charge in [0, 0.05) is 33.7 Å². The van der Waals surface area contributed by atoms with Gasteiger partial charge in [0.25, 0.3) is 0 Å². The predicted octanol–water partition coefficient (Wildman–Crippen LogP) is 14.2. The van der Waals surface area contributed by atoms with E-state index in [0.717, 1.165) is 30.0 Å². The van der Waals surface area contributed by atoms with Gasteiger partial charge in [0.15, 0.2) is 0 Å². The van der Waals surface area contributed by atoms with Crippen molar-refractivity contribution in [2.45, 2.75) is 44.1 Å². The van der Waals surface area contributed by atoms with Crippen LogP contribution in [0.4, 0.5) is 17.1 Å². The van der Waals surface area contributed by atoms with Gasteiger partial charge in [-0.25, -0.2) is 0 Å². The number of nitrogens with zero attached hydrogens (tertiary/aromatic N) is 1. The van der Waals surface area contributed by atoms with Crippen LogP contribution in [0.5, 0.6) is 5.75 Å². The third-order valence-corrected chi connectivity index (χ3v) is 12.5. The molecule has 55 heavy (non-hydrogen) atoms. The fraction of sp³-hybridized carbons (Fsp3) is 0.132. The van der Waals surface area contributed by atoms with E-state index in [1.165, 1.54) is 71.7 Å². The zero-order chi connectivity index (χ0) is 36.7. The highest BCUT2D eigenvalue weighted by molar-refractivity contribution is 6.03. The van der Waals surface area contributed by atoms with E-state index in [4.69, 9.17) is 4.74 Å². The molecule has 4 aliphatic rings. The van der Waals surface area contributed by atoms with Gasteiger partial charge in [-0.05, 0) is 105 Å². The molecule has 7 aromatic rings. The largest absolute Gasteiger partial charge is 0.485 e. The lowest BCUT2D eigenvalue weighted by Gasteiger charge is -2.31. The fourth-order valence-corrected chi connectivity index (χ4v) is 9.86. The first kappa shape index (κ1) is 32.1. The topological polar surface area (TPSA) is 12.5 Å². The Bertz CT molecular complexity index is 2820. The summed E-state index contributed by atoms with van der Waals surface area (Å²) in [6.07, 6.45) is 15.7. The quantitative estimate of drug-likeness (QED) is 0.177. The molecule has 0 aromatic heterocycles. The third-order valence-electron chi connectivity index (χ3n) is 12.5. The molecule has 3 aliphatic carbocycles. The van der Waals surface area contributed by atoms with Gasteiger partial charge in [-0.2, -0.15) is 0 Å². The summed E-state index contributed by atoms with van der Waals surface area (Å²) in [6, 6.07) is 51.7. The summed E-state index contributed by atoms with van der Waals surface area (Å²) in [7, 11) is 0. The molecule has 2 unspecified atom stereocenters. The van der Waals surface area contributed by atoms with Crippen LogP contribution >= 0.6 is 0 Å². The zero-order valence-corrected chi connectivity index (χ0v) is 31.2. The van der Waals surface area contributed by atoms with Crippen LogP contribution in [0.2, 0.25) is 0 Å². The third kappa shape index (κ3) is 4.94. The smallest absolute Gasteiger partial charge is 0.128 e. The Morgan fingerprint density at radius 3 is 2.29 bits per heavy atom. The van der Waals surface area contributed by atoms with Gasteiger partial charge < -0.3 is 9.64 Å². The highest BCUT2D eigenvalue weighted by Crippen LogP contribution is 2.55. The minimum absolute atomic E-state index is 0.0267. The highest BCUT2D eigenvalue weighted by Gasteiger charge is 2.40. The van der Waals surface area contributed by atoms with E-state index in [2.05, 4.69) is 195 Å². The molecule has 7 aromatic carbocycles. The number of benzene rings is 7. The summed E-state index contributed by atoms with van der Waals surface area (Å²) in [5, 5.41) is 5.01. The van der Waals surface area contributed by atoms with Crippen molar-refractivity contribution in [2.75, 3.05) is 4.90 Å². The summed E-state index contributed by atoms with van der Waals surface area (Å²) in [6.45, 7) is 4.82. The molecule has 0 bridgehead atoms. The number of hydrogen-bond acceptors (Lipinski definition) is 2. The highest BCUT2D eigenvalue weighted by atomic mass is 16.5. The van der Waals surface area contributed by atoms with Crippen molar-refractivity contribution < 1.29 is 4.74 Å². The van der Waals surface area contributed by atoms with Crippen LogP contribution in [0.1, 0.15) is 49.3 Å². The van der Waals surface area contributed by atoms with Crippen molar-refractivity contribution in [3.63, 3.8) is 0 Å². The lowest BCUT2D eigenvalue weighted by Crippen LogP contribution is -2.18. The van der Waals surface area contributed by atoms with Crippen molar-refractivity contribution in [1.82, 2.24) is 0 Å². The normalized spacial score (nSPS) is 18.6. The van der Waals surface area contributed by atoms with Gasteiger partial charge in [0.2, 0.25) is 0 Å². The van der Waals surface area contributed by atoms with Crippen molar-refractivity contribution in [3.05, 3.63) is 198 Å². The van der Waals surface area contributed by atoms with Gasteiger partial charge >= 0.3 is 0 Å². The van der Waals surface area contributed by atoms with E-state index < -0.39 is 0 Å². The maximum absolute atomic E-state index is 6.38. The van der Waals surface area contributed by atoms with Gasteiger partial charge in [0.05, 0.1) is 11.4 Å². The number of ether oxygens (including phenoxy) is 1. The molecule has 0 fully saturated rings. The molecule has 0 radical (unpaired) electrons. The minimum Gasteiger partial charge on any atom is -0.485 e. The summed E-state index contributed by atoms with van der Waals surface area (Å²) < 4.78 is 6.38. The number of anilines is 3. The van der Waals surface area contributed by atoms with E-state index in [9.17, 15) is 0 Å². The first-order valence-electron chi connectivity index (χ1n) is 19.6. The summed E-state index contributed by atoms with van der Waals surface area (Å²) in [5.41, 5.74) is 15.3. The molecule has 2 atom stereocenters. The van der Waals surface area contributed by atoms with E-state index in [0.29, 0.717) is 0 Å². The predicted molar refractivity (Wildman–Crippen MR) is 231 cm³/mol. The Morgan fingerprint density at radius 1 is 0.636 bits per heavy atom. The standard InChI is InChI=1S/C53H41NO/c1-53(2)45-20-8-5-17-42(45)52-46(53)21-12-23-48(52)54(47-22-9-6-16-41(47)40-19-11-14-35-13-3-4-15-39(35)40)38-30-27-34(28-31-38)37-26-25-36-29-32-50-51(44(36)33-37)43-18-7-10-24-49(43)55-50/h3-7,9-19,21-33,43,49H,8,20H2,1-2H3. The van der Waals surface area contributed by atoms with Gasteiger partial charge in [-0.3, -0.25) is 0 Å². The first-order valence-corrected chi connectivity index (χ1v) is 19.6. The number of allylic oxidation sites excluding steroid dienone is 6. The lowest BCUT2D eigenvalue weighted by atomic mass is 9.78. The molecule has 264 valence electrons. The van der Waals surface area contributed by atoms with Crippen LogP contribution in [0.25, 0.3) is 49.4 Å². The molecule has 11 rings (SSSR count). The zero-order valence-electron chi connectivity index (χ0n) is 31.2. The lowest BCUT2D eigenvalue weighted by molar-refractivity contribution is 0.269. The molecule has 1 heterocycles. The Labute approximate surface area is 323 Å². The molecule has 1 aliphatic heterocycles. The Balaban J connectivity index is 1.09. The van der Waals surface area contributed by atoms with Gasteiger partial charge in [-0.1, -0.05) is 153 Å². The first-order chi connectivity index (χ1) is 27.0. The molecule has 2 nitrogen and oxygen atoms in total. The average Bonchev–Trinajstić information content (AvgIpc) is 3.74. The van der Waals surface area contributed by atoms with E-state index in [-0.39, 0.29) is 17.4 Å². The van der Waals surface area contributed by atoms with Crippen LogP contribution in [-0.2, 0) is 5.41 Å². The number of hydrogen-bond donors (Lipinski definition) is 0. The number of rotatable bonds is 5. The second kappa shape index (κ2) is 12.3. The van der Waals surface area contributed by atoms with Crippen molar-refractivity contribution >= 4 is 44.2 Å². The Hall–Kier alpha value is -6.38. The maximum atomic E-state index is 6.38. The monoisotopic (exact) mass is 707 g/mol. The molecular formula is C53H41NO. The SMILES string of the molecule is CC1(C)C2=C(C=CCC2)c2c(N(c3ccc(-c4ccc5ccc6c(c5c4)C4C=CC=CC4O6)cc3)c3ccccc3-c3cccc4ccccc34)cccc21. The maximum Gasteiger partial charge on any atom is 0.128 e. The Morgan fingerprint density at radius 2 is 1.36 bits per heavy atom. The molecule has 0 saturated carbocycles. The van der Waals surface area contributed by atoms with Gasteiger partial charge in [-0.15, -0.1) is 0 Å². The number of para-hydroxylation sites is 1. The molecule has 0 saturated heterocycles. The van der Waals surface area contributed by atoms with Crippen molar-refractivity contribution in [3.8, 4) is 28.0 Å². The van der Waals surface area contributed by atoms with Gasteiger partial charge in [0.1, 0.15) is 11.9 Å². The molecule has 0 amide bonds. The fourth-order valence-electron chi connectivity index (χ4n) is 9.86. The van der Waals surface area contributed by atoms with Crippen molar-refractivity contribution in [1.29, 1.82) is 0 Å². The van der Waals surface area contributed by atoms with E-state index >= 15 is 0 Å². The van der Waals surface area contributed by atoms with Crippen LogP contribution in [0, 0.1) is 0 Å². The molecule has 2 heteroatoms. The van der Waals surface area contributed by atoms with Crippen LogP contribution < -0.4 is 9.64 Å². The van der Waals surface area contributed by atoms with Crippen LogP contribution in [-0.4, -0.2) is 6.10 Å². The van der Waals surface area contributed by atoms with Crippen LogP contribution in [0.15, 0.2) is 182 Å². The van der Waals surface area contributed by atoms with E-state index in [1.54, 1.807) is 5.57 Å². The molecule has 0 N–H and O–H groups in total. The average molecular weight is 708 g/mol. The Kier molecular flexibility index (Phi) is 7.19. The minimum atomic E-state index is -0.0267. The molecule has 0 spiro atoms. The summed E-state index contributed by atoms with van der Waals surface area (Å²) in [4.78, 5) is 2.52. The van der Waals surface area contributed by atoms with Crippen LogP contribution in [0.3, 0.4) is 0 Å².